The largest absolute Gasteiger partial charge is 0.493 e. The van der Waals surface area contributed by atoms with E-state index in [0.29, 0.717) is 42.1 Å². The Hall–Kier alpha value is -3.71. The number of amides is 1. The highest BCUT2D eigenvalue weighted by atomic mass is 35.5. The number of carboxylic acid groups (broad SMARTS) is 1. The van der Waals surface area contributed by atoms with Crippen molar-refractivity contribution < 1.29 is 23.9 Å². The van der Waals surface area contributed by atoms with E-state index < -0.39 is 6.09 Å². The van der Waals surface area contributed by atoms with Gasteiger partial charge in [-0.3, -0.25) is 0 Å². The van der Waals surface area contributed by atoms with E-state index in [9.17, 15) is 4.79 Å². The molecule has 0 unspecified atom stereocenters. The molecule has 0 spiro atoms. The lowest BCUT2D eigenvalue weighted by molar-refractivity contribution is 0.0716. The Morgan fingerprint density at radius 3 is 2.55 bits per heavy atom. The number of rotatable bonds is 6. The van der Waals surface area contributed by atoms with Gasteiger partial charge in [-0.1, -0.05) is 35.0 Å². The first-order valence-electron chi connectivity index (χ1n) is 10.5. The van der Waals surface area contributed by atoms with Gasteiger partial charge in [0.1, 0.15) is 17.2 Å². The standard InChI is InChI=1S/C18H18ClNO4.C7H5NO/c19-14-4-6-15(7-5-14)24-17-3-1-2-16(10-17)23-9-8-13-11-20(12-13)18(21)22;1-2-4-7-6(3-1)5-8-9-7/h1-7,10,13H,8-9,11-12H2,(H,21,22);1-5H. The van der Waals surface area contributed by atoms with E-state index in [4.69, 9.17) is 30.7 Å². The van der Waals surface area contributed by atoms with Crippen LogP contribution < -0.4 is 9.47 Å². The van der Waals surface area contributed by atoms with E-state index in [1.807, 2.05) is 48.5 Å². The second kappa shape index (κ2) is 10.7. The predicted molar refractivity (Wildman–Crippen MR) is 125 cm³/mol. The first-order chi connectivity index (χ1) is 16.1. The van der Waals surface area contributed by atoms with Gasteiger partial charge in [0, 0.05) is 29.6 Å². The van der Waals surface area contributed by atoms with Crippen LogP contribution in [0.1, 0.15) is 6.42 Å². The van der Waals surface area contributed by atoms with Gasteiger partial charge in [-0.25, -0.2) is 4.79 Å². The molecule has 170 valence electrons. The van der Waals surface area contributed by atoms with Gasteiger partial charge in [0.05, 0.1) is 12.8 Å². The monoisotopic (exact) mass is 466 g/mol. The van der Waals surface area contributed by atoms with Gasteiger partial charge in [-0.05, 0) is 60.9 Å². The van der Waals surface area contributed by atoms with Gasteiger partial charge in [0.15, 0.2) is 5.58 Å². The molecule has 8 heteroatoms. The molecule has 1 N–H and O–H groups in total. The summed E-state index contributed by atoms with van der Waals surface area (Å²) in [5, 5.41) is 14.1. The minimum Gasteiger partial charge on any atom is -0.493 e. The molecule has 0 bridgehead atoms. The normalized spacial score (nSPS) is 13.1. The van der Waals surface area contributed by atoms with Gasteiger partial charge in [-0.15, -0.1) is 0 Å². The average Bonchev–Trinajstić information content (AvgIpc) is 3.26. The molecule has 3 aromatic carbocycles. The third-order valence-electron chi connectivity index (χ3n) is 5.14. The van der Waals surface area contributed by atoms with Gasteiger partial charge in [0.25, 0.3) is 0 Å². The van der Waals surface area contributed by atoms with E-state index in [1.54, 1.807) is 30.5 Å². The lowest BCUT2D eigenvalue weighted by Crippen LogP contribution is -2.49. The highest BCUT2D eigenvalue weighted by Gasteiger charge is 2.29. The summed E-state index contributed by atoms with van der Waals surface area (Å²) in [5.41, 5.74) is 0.845. The van der Waals surface area contributed by atoms with E-state index in [-0.39, 0.29) is 0 Å². The summed E-state index contributed by atoms with van der Waals surface area (Å²) in [6.07, 6.45) is 1.70. The molecule has 1 saturated heterocycles. The van der Waals surface area contributed by atoms with Crippen molar-refractivity contribution >= 4 is 28.7 Å². The Bertz CT molecular complexity index is 1160. The van der Waals surface area contributed by atoms with Crippen LogP contribution in [0, 0.1) is 5.92 Å². The molecule has 5 rings (SSSR count). The highest BCUT2D eigenvalue weighted by molar-refractivity contribution is 6.30. The summed E-state index contributed by atoms with van der Waals surface area (Å²) in [6.45, 7) is 1.75. The summed E-state index contributed by atoms with van der Waals surface area (Å²) < 4.78 is 16.4. The number of hydrogen-bond acceptors (Lipinski definition) is 5. The molecule has 2 heterocycles. The lowest BCUT2D eigenvalue weighted by Gasteiger charge is -2.36. The zero-order valence-corrected chi connectivity index (χ0v) is 18.5. The zero-order chi connectivity index (χ0) is 23.0. The molecule has 1 aliphatic heterocycles. The van der Waals surface area contributed by atoms with E-state index in [2.05, 4.69) is 5.16 Å². The van der Waals surface area contributed by atoms with Crippen LogP contribution in [0.3, 0.4) is 0 Å². The van der Waals surface area contributed by atoms with Gasteiger partial charge < -0.3 is 24.0 Å². The SMILES string of the molecule is O=C(O)N1CC(CCOc2cccc(Oc3ccc(Cl)cc3)c2)C1.c1ccc2oncc2c1. The topological polar surface area (TPSA) is 85.0 Å². The van der Waals surface area contributed by atoms with Crippen LogP contribution in [0.2, 0.25) is 5.02 Å². The Labute approximate surface area is 196 Å². The molecule has 0 radical (unpaired) electrons. The van der Waals surface area contributed by atoms with Crippen LogP contribution in [-0.4, -0.2) is 41.0 Å². The second-order valence-electron chi connectivity index (χ2n) is 7.59. The number of nitrogens with zero attached hydrogens (tertiary/aromatic N) is 2. The summed E-state index contributed by atoms with van der Waals surface area (Å²) in [6, 6.07) is 22.3. The molecule has 0 saturated carbocycles. The van der Waals surface area contributed by atoms with Crippen molar-refractivity contribution in [2.45, 2.75) is 6.42 Å². The molecule has 1 aliphatic rings. The van der Waals surface area contributed by atoms with Gasteiger partial charge >= 0.3 is 6.09 Å². The third-order valence-corrected chi connectivity index (χ3v) is 5.39. The van der Waals surface area contributed by atoms with Crippen molar-refractivity contribution in [2.24, 2.45) is 5.92 Å². The van der Waals surface area contributed by atoms with Crippen molar-refractivity contribution in [3.05, 3.63) is 84.0 Å². The van der Waals surface area contributed by atoms with Crippen molar-refractivity contribution in [3.63, 3.8) is 0 Å². The van der Waals surface area contributed by atoms with E-state index in [1.165, 1.54) is 4.90 Å². The minimum absolute atomic E-state index is 0.384. The number of halogens is 1. The molecule has 1 aromatic heterocycles. The van der Waals surface area contributed by atoms with Crippen molar-refractivity contribution in [1.82, 2.24) is 10.1 Å². The number of likely N-dealkylation sites (tertiary alicyclic amines) is 1. The average molecular weight is 467 g/mol. The predicted octanol–water partition coefficient (Wildman–Crippen LogP) is 6.34. The number of carbonyl (C=O) groups is 1. The number of fused-ring (bicyclic) bond motifs is 1. The van der Waals surface area contributed by atoms with Crippen LogP contribution in [-0.2, 0) is 0 Å². The highest BCUT2D eigenvalue weighted by Crippen LogP contribution is 2.27. The Balaban J connectivity index is 0.000000238. The van der Waals surface area contributed by atoms with Gasteiger partial charge in [-0.2, -0.15) is 0 Å². The number of benzene rings is 3. The van der Waals surface area contributed by atoms with Crippen molar-refractivity contribution in [2.75, 3.05) is 19.7 Å². The van der Waals surface area contributed by atoms with Crippen molar-refractivity contribution in [3.8, 4) is 17.2 Å². The van der Waals surface area contributed by atoms with Crippen molar-refractivity contribution in [1.29, 1.82) is 0 Å². The number of aromatic nitrogens is 1. The molecule has 1 amide bonds. The lowest BCUT2D eigenvalue weighted by atomic mass is 9.97. The fourth-order valence-electron chi connectivity index (χ4n) is 3.33. The van der Waals surface area contributed by atoms with Gasteiger partial charge in [0.2, 0.25) is 0 Å². The summed E-state index contributed by atoms with van der Waals surface area (Å²) >= 11 is 5.85. The quantitative estimate of drug-likeness (QED) is 0.357. The first-order valence-corrected chi connectivity index (χ1v) is 10.9. The summed E-state index contributed by atoms with van der Waals surface area (Å²) in [4.78, 5) is 12.1. The molecule has 1 fully saturated rings. The zero-order valence-electron chi connectivity index (χ0n) is 17.8. The maximum Gasteiger partial charge on any atom is 0.407 e. The molecule has 4 aromatic rings. The van der Waals surface area contributed by atoms with Crippen LogP contribution >= 0.6 is 11.6 Å². The molecule has 33 heavy (non-hydrogen) atoms. The van der Waals surface area contributed by atoms with E-state index in [0.717, 1.165) is 23.1 Å². The van der Waals surface area contributed by atoms with Crippen LogP contribution in [0.4, 0.5) is 4.79 Å². The minimum atomic E-state index is -0.848. The van der Waals surface area contributed by atoms with Crippen LogP contribution in [0.15, 0.2) is 83.5 Å². The first kappa shape index (κ1) is 22.5. The molecule has 7 nitrogen and oxygen atoms in total. The Morgan fingerprint density at radius 1 is 1.03 bits per heavy atom. The summed E-state index contributed by atoms with van der Waals surface area (Å²) in [5.74, 6) is 2.51. The molecular weight excluding hydrogens is 444 g/mol. The third kappa shape index (κ3) is 6.40. The molecule has 0 atom stereocenters. The number of para-hydroxylation sites is 1. The molecular formula is C25H23ClN2O5. The fraction of sp³-hybridized carbons (Fsp3) is 0.200. The van der Waals surface area contributed by atoms with Crippen LogP contribution in [0.5, 0.6) is 17.2 Å². The Morgan fingerprint density at radius 2 is 1.79 bits per heavy atom. The summed E-state index contributed by atoms with van der Waals surface area (Å²) in [7, 11) is 0. The number of ether oxygens (including phenoxy) is 2. The molecule has 0 aliphatic carbocycles. The maximum atomic E-state index is 10.7. The van der Waals surface area contributed by atoms with Crippen LogP contribution in [0.25, 0.3) is 11.0 Å². The number of hydrogen-bond donors (Lipinski definition) is 1. The Kier molecular flexibility index (Phi) is 7.32. The maximum absolute atomic E-state index is 10.7. The van der Waals surface area contributed by atoms with E-state index >= 15 is 0 Å². The smallest absolute Gasteiger partial charge is 0.407 e. The second-order valence-corrected chi connectivity index (χ2v) is 8.02. The fourth-order valence-corrected chi connectivity index (χ4v) is 3.45.